The van der Waals surface area contributed by atoms with Gasteiger partial charge in [0.25, 0.3) is 0 Å². The van der Waals surface area contributed by atoms with Crippen LogP contribution in [0.1, 0.15) is 24.5 Å². The lowest BCUT2D eigenvalue weighted by atomic mass is 9.96. The van der Waals surface area contributed by atoms with E-state index in [1.165, 1.54) is 0 Å². The number of hydrogen-bond donors (Lipinski definition) is 0. The molecular weight excluding hydrogens is 145 g/mol. The second-order valence-electron chi connectivity index (χ2n) is 2.88. The van der Waals surface area contributed by atoms with Gasteiger partial charge in [-0.15, -0.1) is 0 Å². The molecule has 0 unspecified atom stereocenters. The topological polar surface area (TPSA) is 12.9 Å². The Morgan fingerprint density at radius 1 is 1.67 bits per heavy atom. The summed E-state index contributed by atoms with van der Waals surface area (Å²) in [5.74, 6) is 0. The summed E-state index contributed by atoms with van der Waals surface area (Å²) in [5, 5.41) is 0. The van der Waals surface area contributed by atoms with Gasteiger partial charge in [-0.2, -0.15) is 0 Å². The standard InChI is InChI=1S/C10H12BN/c1-4-7(2)9-6-12-10(11)5-8(9)3/h5-6H,2,4H2,1,3H3. The van der Waals surface area contributed by atoms with E-state index in [4.69, 9.17) is 7.85 Å². The number of aromatic nitrogens is 1. The normalized spacial score (nSPS) is 9.83. The van der Waals surface area contributed by atoms with Crippen molar-refractivity contribution in [3.8, 4) is 0 Å². The predicted molar refractivity (Wildman–Crippen MR) is 53.7 cm³/mol. The SMILES string of the molecule is [B]c1cc(C)c(C(=C)CC)cn1. The van der Waals surface area contributed by atoms with Gasteiger partial charge in [-0.3, -0.25) is 4.98 Å². The second kappa shape index (κ2) is 3.57. The van der Waals surface area contributed by atoms with Crippen molar-refractivity contribution in [3.05, 3.63) is 30.0 Å². The molecule has 1 heterocycles. The lowest BCUT2D eigenvalue weighted by Gasteiger charge is -2.06. The van der Waals surface area contributed by atoms with Crippen LogP contribution in [0.4, 0.5) is 0 Å². The summed E-state index contributed by atoms with van der Waals surface area (Å²) in [5.41, 5.74) is 3.95. The maximum Gasteiger partial charge on any atom is 0.141 e. The van der Waals surface area contributed by atoms with E-state index in [9.17, 15) is 0 Å². The molecule has 0 saturated carbocycles. The number of hydrogen-bond acceptors (Lipinski definition) is 1. The third kappa shape index (κ3) is 1.76. The predicted octanol–water partition coefficient (Wildman–Crippen LogP) is 1.61. The minimum Gasteiger partial charge on any atom is -0.272 e. The number of rotatable bonds is 2. The smallest absolute Gasteiger partial charge is 0.141 e. The van der Waals surface area contributed by atoms with E-state index < -0.39 is 0 Å². The van der Waals surface area contributed by atoms with Gasteiger partial charge in [-0.1, -0.05) is 13.5 Å². The molecule has 60 valence electrons. The highest BCUT2D eigenvalue weighted by Gasteiger charge is 2.00. The van der Waals surface area contributed by atoms with Gasteiger partial charge < -0.3 is 0 Å². The van der Waals surface area contributed by atoms with Crippen LogP contribution in [0.15, 0.2) is 18.8 Å². The van der Waals surface area contributed by atoms with Crippen LogP contribution < -0.4 is 5.59 Å². The molecule has 0 bridgehead atoms. The van der Waals surface area contributed by atoms with Crippen molar-refractivity contribution in [2.45, 2.75) is 20.3 Å². The highest BCUT2D eigenvalue weighted by Crippen LogP contribution is 2.17. The zero-order valence-corrected chi connectivity index (χ0v) is 7.59. The average Bonchev–Trinajstić information content (AvgIpc) is 2.03. The molecule has 0 spiro atoms. The van der Waals surface area contributed by atoms with Crippen LogP contribution in [-0.2, 0) is 0 Å². The van der Waals surface area contributed by atoms with E-state index in [0.717, 1.165) is 23.1 Å². The fourth-order valence-corrected chi connectivity index (χ4v) is 1.14. The highest BCUT2D eigenvalue weighted by molar-refractivity contribution is 6.30. The van der Waals surface area contributed by atoms with Gasteiger partial charge in [0.05, 0.1) is 0 Å². The Hall–Kier alpha value is -1.05. The number of nitrogens with zero attached hydrogens (tertiary/aromatic N) is 1. The van der Waals surface area contributed by atoms with Crippen molar-refractivity contribution in [2.24, 2.45) is 0 Å². The largest absolute Gasteiger partial charge is 0.272 e. The first-order valence-electron chi connectivity index (χ1n) is 4.05. The van der Waals surface area contributed by atoms with Gasteiger partial charge in [-0.05, 0) is 41.7 Å². The monoisotopic (exact) mass is 157 g/mol. The molecule has 0 amide bonds. The van der Waals surface area contributed by atoms with Gasteiger partial charge in [0.15, 0.2) is 0 Å². The summed E-state index contributed by atoms with van der Waals surface area (Å²) in [6.45, 7) is 8.06. The fraction of sp³-hybridized carbons (Fsp3) is 0.300. The molecule has 1 aromatic heterocycles. The van der Waals surface area contributed by atoms with Crippen molar-refractivity contribution in [1.29, 1.82) is 0 Å². The first kappa shape index (κ1) is 9.05. The Kier molecular flexibility index (Phi) is 2.69. The zero-order chi connectivity index (χ0) is 9.14. The molecule has 0 aliphatic heterocycles. The van der Waals surface area contributed by atoms with Gasteiger partial charge in [0.2, 0.25) is 0 Å². The maximum atomic E-state index is 5.53. The van der Waals surface area contributed by atoms with Gasteiger partial charge >= 0.3 is 0 Å². The average molecular weight is 157 g/mol. The first-order valence-corrected chi connectivity index (χ1v) is 4.05. The Labute approximate surface area is 74.9 Å². The van der Waals surface area contributed by atoms with Crippen molar-refractivity contribution >= 4 is 19.0 Å². The van der Waals surface area contributed by atoms with E-state index in [1.54, 1.807) is 6.20 Å². The molecule has 12 heavy (non-hydrogen) atoms. The summed E-state index contributed by atoms with van der Waals surface area (Å²) >= 11 is 0. The maximum absolute atomic E-state index is 5.53. The molecule has 0 saturated heterocycles. The molecule has 0 fully saturated rings. The van der Waals surface area contributed by atoms with Crippen LogP contribution in [0.3, 0.4) is 0 Å². The number of pyridine rings is 1. The third-order valence-corrected chi connectivity index (χ3v) is 1.94. The number of allylic oxidation sites excluding steroid dienone is 1. The lowest BCUT2D eigenvalue weighted by molar-refractivity contribution is 1.21. The summed E-state index contributed by atoms with van der Waals surface area (Å²) in [6, 6.07) is 1.87. The van der Waals surface area contributed by atoms with E-state index in [-0.39, 0.29) is 0 Å². The molecule has 0 atom stereocenters. The summed E-state index contributed by atoms with van der Waals surface area (Å²) < 4.78 is 0. The van der Waals surface area contributed by atoms with Crippen LogP contribution >= 0.6 is 0 Å². The molecule has 1 rings (SSSR count). The first-order chi connectivity index (χ1) is 5.65. The second-order valence-corrected chi connectivity index (χ2v) is 2.88. The molecule has 2 radical (unpaired) electrons. The van der Waals surface area contributed by atoms with Gasteiger partial charge in [-0.25, -0.2) is 0 Å². The van der Waals surface area contributed by atoms with E-state index in [0.29, 0.717) is 5.59 Å². The molecule has 0 aliphatic rings. The van der Waals surface area contributed by atoms with E-state index in [1.807, 2.05) is 13.0 Å². The molecule has 0 N–H and O–H groups in total. The number of aryl methyl sites for hydroxylation is 1. The Balaban J connectivity index is 3.09. The van der Waals surface area contributed by atoms with Crippen LogP contribution in [0.5, 0.6) is 0 Å². The molecule has 1 aromatic rings. The van der Waals surface area contributed by atoms with Crippen molar-refractivity contribution in [2.75, 3.05) is 0 Å². The van der Waals surface area contributed by atoms with Gasteiger partial charge in [0, 0.05) is 6.20 Å². The highest BCUT2D eigenvalue weighted by atomic mass is 14.6. The molecule has 1 nitrogen and oxygen atoms in total. The lowest BCUT2D eigenvalue weighted by Crippen LogP contribution is -2.08. The van der Waals surface area contributed by atoms with E-state index in [2.05, 4.69) is 18.5 Å². The Morgan fingerprint density at radius 3 is 2.83 bits per heavy atom. The van der Waals surface area contributed by atoms with Crippen LogP contribution in [0.2, 0.25) is 0 Å². The molecule has 2 heteroatoms. The zero-order valence-electron chi connectivity index (χ0n) is 7.59. The summed E-state index contributed by atoms with van der Waals surface area (Å²) in [4.78, 5) is 4.03. The quantitative estimate of drug-likeness (QED) is 0.594. The van der Waals surface area contributed by atoms with Crippen LogP contribution in [-0.4, -0.2) is 12.8 Å². The minimum atomic E-state index is 0.570. The van der Waals surface area contributed by atoms with Crippen molar-refractivity contribution in [1.82, 2.24) is 4.98 Å². The van der Waals surface area contributed by atoms with Crippen molar-refractivity contribution < 1.29 is 0 Å². The van der Waals surface area contributed by atoms with Crippen LogP contribution in [0.25, 0.3) is 5.57 Å². The fourth-order valence-electron chi connectivity index (χ4n) is 1.14. The molecular formula is C10H12BN. The van der Waals surface area contributed by atoms with Crippen LogP contribution in [0, 0.1) is 6.92 Å². The summed E-state index contributed by atoms with van der Waals surface area (Å²) in [6.07, 6.45) is 2.74. The van der Waals surface area contributed by atoms with Gasteiger partial charge in [0.1, 0.15) is 7.85 Å². The van der Waals surface area contributed by atoms with Crippen molar-refractivity contribution in [3.63, 3.8) is 0 Å². The Bertz CT molecular complexity index is 305. The molecule has 0 aromatic carbocycles. The molecule has 0 aliphatic carbocycles. The third-order valence-electron chi connectivity index (χ3n) is 1.94. The van der Waals surface area contributed by atoms with E-state index >= 15 is 0 Å². The Morgan fingerprint density at radius 2 is 2.33 bits per heavy atom. The summed E-state index contributed by atoms with van der Waals surface area (Å²) in [7, 11) is 5.53. The minimum absolute atomic E-state index is 0.570.